The Bertz CT molecular complexity index is 987. The molecule has 3 aromatic rings. The van der Waals surface area contributed by atoms with Gasteiger partial charge < -0.3 is 10.2 Å². The van der Waals surface area contributed by atoms with E-state index in [0.29, 0.717) is 12.4 Å². The van der Waals surface area contributed by atoms with Gasteiger partial charge in [0.2, 0.25) is 0 Å². The lowest BCUT2D eigenvalue weighted by molar-refractivity contribution is -0.137. The van der Waals surface area contributed by atoms with Crippen LogP contribution in [0.1, 0.15) is 11.1 Å². The lowest BCUT2D eigenvalue weighted by Gasteiger charge is -2.13. The summed E-state index contributed by atoms with van der Waals surface area (Å²) in [7, 11) is 0. The zero-order chi connectivity index (χ0) is 19.6. The Balaban J connectivity index is 2.02. The van der Waals surface area contributed by atoms with Crippen LogP contribution in [0.3, 0.4) is 0 Å². The Morgan fingerprint density at radius 2 is 1.74 bits per heavy atom. The van der Waals surface area contributed by atoms with Crippen LogP contribution in [-0.4, -0.2) is 14.8 Å². The third-order valence-electron chi connectivity index (χ3n) is 3.59. The number of alkyl halides is 3. The highest BCUT2D eigenvalue weighted by atomic mass is 35.5. The minimum atomic E-state index is -4.58. The smallest absolute Gasteiger partial charge is 0.365 e. The second-order valence-electron chi connectivity index (χ2n) is 5.41. The van der Waals surface area contributed by atoms with Gasteiger partial charge in [0.25, 0.3) is 5.82 Å². The number of hydrogen-bond donors (Lipinski definition) is 1. The van der Waals surface area contributed by atoms with E-state index in [9.17, 15) is 13.2 Å². The molecule has 0 aliphatic rings. The summed E-state index contributed by atoms with van der Waals surface area (Å²) >= 11 is 12.1. The van der Waals surface area contributed by atoms with Gasteiger partial charge in [-0.25, -0.2) is 0 Å². The number of anilines is 1. The molecule has 10 heteroatoms. The maximum atomic E-state index is 12.9. The number of benzene rings is 1. The van der Waals surface area contributed by atoms with Crippen molar-refractivity contribution in [1.82, 2.24) is 14.8 Å². The Kier molecular flexibility index (Phi) is 5.26. The SMILES string of the molecule is [C-]#[N+]c1cc(NCc2ccncc2)n(-c2c(Cl)cc(C(F)(F)F)cc2Cl)n1. The van der Waals surface area contributed by atoms with Crippen LogP contribution in [0, 0.1) is 6.57 Å². The molecule has 0 saturated carbocycles. The molecule has 0 atom stereocenters. The minimum absolute atomic E-state index is 0.0410. The van der Waals surface area contributed by atoms with Crippen LogP contribution in [0.5, 0.6) is 0 Å². The van der Waals surface area contributed by atoms with E-state index in [0.717, 1.165) is 17.7 Å². The van der Waals surface area contributed by atoms with Crippen LogP contribution in [0.25, 0.3) is 10.5 Å². The summed E-state index contributed by atoms with van der Waals surface area (Å²) in [5.41, 5.74) is -0.00436. The molecule has 0 bridgehead atoms. The number of nitrogens with one attached hydrogen (secondary N) is 1. The molecule has 0 radical (unpaired) electrons. The van der Waals surface area contributed by atoms with Gasteiger partial charge in [-0.2, -0.15) is 13.2 Å². The Labute approximate surface area is 162 Å². The van der Waals surface area contributed by atoms with Crippen molar-refractivity contribution in [1.29, 1.82) is 0 Å². The van der Waals surface area contributed by atoms with Gasteiger partial charge in [0.05, 0.1) is 15.6 Å². The first-order valence-corrected chi connectivity index (χ1v) is 8.22. The molecule has 1 aromatic carbocycles. The zero-order valence-corrected chi connectivity index (χ0v) is 14.9. The van der Waals surface area contributed by atoms with Crippen molar-refractivity contribution in [3.05, 3.63) is 75.3 Å². The molecular formula is C17H10Cl2F3N5. The third kappa shape index (κ3) is 4.15. The number of nitrogens with zero attached hydrogens (tertiary/aromatic N) is 4. The largest absolute Gasteiger partial charge is 0.416 e. The number of hydrogen-bond acceptors (Lipinski definition) is 3. The van der Waals surface area contributed by atoms with Gasteiger partial charge >= 0.3 is 6.18 Å². The topological polar surface area (TPSA) is 47.1 Å². The van der Waals surface area contributed by atoms with Crippen molar-refractivity contribution >= 4 is 34.8 Å². The van der Waals surface area contributed by atoms with E-state index in [1.807, 2.05) is 0 Å². The average Bonchev–Trinajstić information content (AvgIpc) is 3.02. The lowest BCUT2D eigenvalue weighted by atomic mass is 10.2. The Morgan fingerprint density at radius 3 is 2.30 bits per heavy atom. The van der Waals surface area contributed by atoms with Crippen molar-refractivity contribution in [3.63, 3.8) is 0 Å². The normalized spacial score (nSPS) is 11.3. The van der Waals surface area contributed by atoms with E-state index < -0.39 is 11.7 Å². The summed E-state index contributed by atoms with van der Waals surface area (Å²) in [6.07, 6.45) is -1.33. The molecular weight excluding hydrogens is 402 g/mol. The van der Waals surface area contributed by atoms with Gasteiger partial charge in [0.1, 0.15) is 11.5 Å². The van der Waals surface area contributed by atoms with Gasteiger partial charge in [-0.3, -0.25) is 4.98 Å². The molecule has 1 N–H and O–H groups in total. The van der Waals surface area contributed by atoms with Crippen LogP contribution in [0.4, 0.5) is 24.8 Å². The number of aromatic nitrogens is 3. The lowest BCUT2D eigenvalue weighted by Crippen LogP contribution is -2.10. The fourth-order valence-corrected chi connectivity index (χ4v) is 2.99. The van der Waals surface area contributed by atoms with Gasteiger partial charge in [-0.05, 0) is 34.9 Å². The van der Waals surface area contributed by atoms with E-state index >= 15 is 0 Å². The molecule has 0 spiro atoms. The molecule has 0 amide bonds. The van der Waals surface area contributed by atoms with E-state index in [2.05, 4.69) is 20.2 Å². The fourth-order valence-electron chi connectivity index (χ4n) is 2.34. The highest BCUT2D eigenvalue weighted by Crippen LogP contribution is 2.38. The van der Waals surface area contributed by atoms with Crippen LogP contribution in [0.15, 0.2) is 42.7 Å². The fraction of sp³-hybridized carbons (Fsp3) is 0.118. The zero-order valence-electron chi connectivity index (χ0n) is 13.4. The van der Waals surface area contributed by atoms with Gasteiger partial charge in [0.15, 0.2) is 0 Å². The van der Waals surface area contributed by atoms with E-state index in [-0.39, 0.29) is 21.6 Å². The average molecular weight is 412 g/mol. The Morgan fingerprint density at radius 1 is 1.11 bits per heavy atom. The molecule has 0 aliphatic heterocycles. The molecule has 0 fully saturated rings. The molecule has 2 aromatic heterocycles. The quantitative estimate of drug-likeness (QED) is 0.555. The summed E-state index contributed by atoms with van der Waals surface area (Å²) in [6.45, 7) is 7.51. The van der Waals surface area contributed by atoms with E-state index in [1.54, 1.807) is 24.5 Å². The summed E-state index contributed by atoms with van der Waals surface area (Å²) < 4.78 is 40.0. The summed E-state index contributed by atoms with van der Waals surface area (Å²) in [5.74, 6) is 0.403. The molecule has 2 heterocycles. The third-order valence-corrected chi connectivity index (χ3v) is 4.17. The second kappa shape index (κ2) is 7.47. The maximum Gasteiger partial charge on any atom is 0.416 e. The van der Waals surface area contributed by atoms with Gasteiger partial charge in [-0.1, -0.05) is 29.8 Å². The van der Waals surface area contributed by atoms with Gasteiger partial charge in [-0.15, -0.1) is 4.68 Å². The second-order valence-corrected chi connectivity index (χ2v) is 6.22. The van der Waals surface area contributed by atoms with Crippen molar-refractivity contribution in [2.24, 2.45) is 0 Å². The highest BCUT2D eigenvalue weighted by molar-refractivity contribution is 6.38. The van der Waals surface area contributed by atoms with Crippen LogP contribution >= 0.6 is 23.2 Å². The number of halogens is 5. The first-order chi connectivity index (χ1) is 12.8. The van der Waals surface area contributed by atoms with Crippen molar-refractivity contribution in [2.45, 2.75) is 12.7 Å². The molecule has 138 valence electrons. The maximum absolute atomic E-state index is 12.9. The molecule has 0 aliphatic carbocycles. The highest BCUT2D eigenvalue weighted by Gasteiger charge is 2.33. The van der Waals surface area contributed by atoms with E-state index in [4.69, 9.17) is 29.8 Å². The first kappa shape index (κ1) is 19.0. The van der Waals surface area contributed by atoms with E-state index in [1.165, 1.54) is 10.7 Å². The van der Waals surface area contributed by atoms with Crippen LogP contribution in [0.2, 0.25) is 10.0 Å². The van der Waals surface area contributed by atoms with Crippen molar-refractivity contribution < 1.29 is 13.2 Å². The van der Waals surface area contributed by atoms with Crippen molar-refractivity contribution in [3.8, 4) is 5.69 Å². The molecule has 3 rings (SSSR count). The first-order valence-electron chi connectivity index (χ1n) is 7.46. The molecule has 27 heavy (non-hydrogen) atoms. The summed E-state index contributed by atoms with van der Waals surface area (Å²) in [6, 6.07) is 6.59. The minimum Gasteiger partial charge on any atom is -0.365 e. The molecule has 5 nitrogen and oxygen atoms in total. The monoisotopic (exact) mass is 411 g/mol. The molecule has 0 unspecified atom stereocenters. The summed E-state index contributed by atoms with van der Waals surface area (Å²) in [5, 5.41) is 6.66. The molecule has 0 saturated heterocycles. The van der Waals surface area contributed by atoms with Crippen LogP contribution < -0.4 is 5.32 Å². The summed E-state index contributed by atoms with van der Waals surface area (Å²) in [4.78, 5) is 7.17. The van der Waals surface area contributed by atoms with Gasteiger partial charge in [0, 0.05) is 25.0 Å². The van der Waals surface area contributed by atoms with Crippen LogP contribution in [-0.2, 0) is 12.7 Å². The standard InChI is InChI=1S/C17H10Cl2F3N5/c1-23-14-8-15(25-9-10-2-4-24-5-3-10)27(26-14)16-12(18)6-11(7-13(16)19)17(20,21)22/h2-8,25H,9H2. The Hall–Kier alpha value is -2.76. The number of rotatable bonds is 4. The predicted octanol–water partition coefficient (Wildman–Crippen LogP) is 5.76. The van der Waals surface area contributed by atoms with Crippen molar-refractivity contribution in [2.75, 3.05) is 5.32 Å². The predicted molar refractivity (Wildman–Crippen MR) is 96.4 cm³/mol. The number of pyridine rings is 1.